The topological polar surface area (TPSA) is 74.4 Å². The van der Waals surface area contributed by atoms with Crippen molar-refractivity contribution in [3.63, 3.8) is 0 Å². The zero-order valence-corrected chi connectivity index (χ0v) is 9.10. The van der Waals surface area contributed by atoms with Crippen LogP contribution in [0.1, 0.15) is 39.5 Å². The standard InChI is InChI=1S/C10H15N3O2/c1-10(2,9(14)15)6-4-3-5-8-7-11-13-12-8/h7H,3-6H2,1-2H3/p+1. The molecule has 1 N–H and O–H groups in total. The molecule has 0 saturated carbocycles. The van der Waals surface area contributed by atoms with Crippen LogP contribution in [0.2, 0.25) is 0 Å². The number of carboxylic acid groups (broad SMARTS) is 1. The van der Waals surface area contributed by atoms with Crippen LogP contribution in [0.25, 0.3) is 0 Å². The zero-order chi connectivity index (χ0) is 11.3. The minimum atomic E-state index is -0.739. The maximum Gasteiger partial charge on any atom is 0.309 e. The van der Waals surface area contributed by atoms with Crippen LogP contribution >= 0.6 is 0 Å². The second-order valence-electron chi connectivity index (χ2n) is 4.32. The number of hydrogen-bond donors (Lipinski definition) is 1. The number of nitrogens with zero attached hydrogens (tertiary/aromatic N) is 3. The lowest BCUT2D eigenvalue weighted by atomic mass is 9.87. The quantitative estimate of drug-likeness (QED) is 0.540. The molecule has 0 unspecified atom stereocenters. The van der Waals surface area contributed by atoms with Gasteiger partial charge in [0.1, 0.15) is 6.42 Å². The molecule has 0 aromatic rings. The van der Waals surface area contributed by atoms with E-state index in [1.165, 1.54) is 0 Å². The summed E-state index contributed by atoms with van der Waals surface area (Å²) in [5.41, 5.74) is -0.629. The average molecular weight is 210 g/mol. The first-order valence-electron chi connectivity index (χ1n) is 5.06. The second kappa shape index (κ2) is 4.91. The Hall–Kier alpha value is -1.39. The molecule has 0 aromatic carbocycles. The van der Waals surface area contributed by atoms with E-state index >= 15 is 0 Å². The normalized spacial score (nSPS) is 14.9. The molecular weight excluding hydrogens is 194 g/mol. The first-order chi connectivity index (χ1) is 7.02. The Morgan fingerprint density at radius 1 is 1.47 bits per heavy atom. The Bertz CT molecular complexity index is 272. The summed E-state index contributed by atoms with van der Waals surface area (Å²) in [5.74, 6) is -0.739. The van der Waals surface area contributed by atoms with Gasteiger partial charge in [-0.15, -0.1) is 0 Å². The highest BCUT2D eigenvalue weighted by molar-refractivity contribution is 5.74. The van der Waals surface area contributed by atoms with Gasteiger partial charge in [-0.3, -0.25) is 4.79 Å². The van der Waals surface area contributed by atoms with Crippen LogP contribution in [0.4, 0.5) is 0 Å². The van der Waals surface area contributed by atoms with Gasteiger partial charge in [0.15, 0.2) is 0 Å². The number of carbonyl (C=O) groups is 1. The Balaban J connectivity index is 2.13. The summed E-state index contributed by atoms with van der Waals surface area (Å²) in [5, 5.41) is 19.8. The Labute approximate surface area is 89.3 Å². The average Bonchev–Trinajstić information content (AvgIpc) is 2.64. The van der Waals surface area contributed by atoms with Gasteiger partial charge in [-0.2, -0.15) is 0 Å². The summed E-state index contributed by atoms with van der Waals surface area (Å²) in [4.78, 5) is 10.8. The van der Waals surface area contributed by atoms with Crippen molar-refractivity contribution < 1.29 is 9.90 Å². The van der Waals surface area contributed by atoms with E-state index in [4.69, 9.17) is 5.11 Å². The maximum absolute atomic E-state index is 10.8. The van der Waals surface area contributed by atoms with Crippen LogP contribution in [0.5, 0.6) is 0 Å². The molecule has 0 saturated heterocycles. The lowest BCUT2D eigenvalue weighted by molar-refractivity contribution is -0.147. The smallest absolute Gasteiger partial charge is 0.309 e. The van der Waals surface area contributed by atoms with Gasteiger partial charge in [-0.1, -0.05) is 5.10 Å². The predicted octanol–water partition coefficient (Wildman–Crippen LogP) is 2.64. The van der Waals surface area contributed by atoms with Crippen LogP contribution in [0.15, 0.2) is 15.4 Å². The molecule has 5 nitrogen and oxygen atoms in total. The van der Waals surface area contributed by atoms with Crippen LogP contribution in [0.3, 0.4) is 0 Å². The SMILES string of the molecule is CC(C)(CCCC[C+]1C=NN=N1)C(=O)O. The number of hydrogen-bond acceptors (Lipinski definition) is 4. The Kier molecular flexibility index (Phi) is 3.82. The van der Waals surface area contributed by atoms with Crippen LogP contribution in [-0.2, 0) is 4.79 Å². The molecule has 0 radical (unpaired) electrons. The maximum atomic E-state index is 10.8. The summed E-state index contributed by atoms with van der Waals surface area (Å²) >= 11 is 0. The molecule has 0 aliphatic carbocycles. The Morgan fingerprint density at radius 3 is 2.73 bits per heavy atom. The van der Waals surface area contributed by atoms with E-state index in [0.717, 1.165) is 25.3 Å². The van der Waals surface area contributed by atoms with Crippen molar-refractivity contribution in [2.45, 2.75) is 39.5 Å². The molecule has 1 aliphatic heterocycles. The van der Waals surface area contributed by atoms with Crippen molar-refractivity contribution in [1.82, 2.24) is 0 Å². The molecule has 0 atom stereocenters. The molecule has 1 aliphatic rings. The number of carboxylic acids is 1. The molecule has 1 rings (SSSR count). The largest absolute Gasteiger partial charge is 0.481 e. The van der Waals surface area contributed by atoms with E-state index in [9.17, 15) is 4.79 Å². The van der Waals surface area contributed by atoms with Gasteiger partial charge in [-0.25, -0.2) is 0 Å². The fourth-order valence-electron chi connectivity index (χ4n) is 1.30. The van der Waals surface area contributed by atoms with Crippen molar-refractivity contribution in [2.24, 2.45) is 20.9 Å². The van der Waals surface area contributed by atoms with Crippen LogP contribution in [-0.4, -0.2) is 17.3 Å². The van der Waals surface area contributed by atoms with E-state index in [0.29, 0.717) is 6.42 Å². The van der Waals surface area contributed by atoms with E-state index in [1.807, 2.05) is 0 Å². The summed E-state index contributed by atoms with van der Waals surface area (Å²) in [6, 6.07) is 0.878. The monoisotopic (exact) mass is 210 g/mol. The van der Waals surface area contributed by atoms with Gasteiger partial charge in [0.05, 0.1) is 10.5 Å². The minimum Gasteiger partial charge on any atom is -0.481 e. The Morgan fingerprint density at radius 2 is 2.20 bits per heavy atom. The fourth-order valence-corrected chi connectivity index (χ4v) is 1.30. The van der Waals surface area contributed by atoms with Gasteiger partial charge in [0.2, 0.25) is 6.21 Å². The number of aliphatic carboxylic acids is 1. The molecule has 0 amide bonds. The third-order valence-electron chi connectivity index (χ3n) is 2.50. The van der Waals surface area contributed by atoms with E-state index in [2.05, 4.69) is 15.4 Å². The van der Waals surface area contributed by atoms with Crippen molar-refractivity contribution >= 4 is 12.2 Å². The molecule has 0 bridgehead atoms. The van der Waals surface area contributed by atoms with Gasteiger partial charge in [0, 0.05) is 5.22 Å². The van der Waals surface area contributed by atoms with Crippen molar-refractivity contribution in [1.29, 1.82) is 0 Å². The molecule has 1 heterocycles. The lowest BCUT2D eigenvalue weighted by Gasteiger charge is -2.17. The van der Waals surface area contributed by atoms with Gasteiger partial charge in [-0.05, 0) is 33.1 Å². The number of unbranched alkanes of at least 4 members (excludes halogenated alkanes) is 1. The summed E-state index contributed by atoms with van der Waals surface area (Å²) < 4.78 is 0. The highest BCUT2D eigenvalue weighted by atomic mass is 16.4. The van der Waals surface area contributed by atoms with Gasteiger partial charge in [0.25, 0.3) is 6.04 Å². The van der Waals surface area contributed by atoms with Crippen molar-refractivity contribution in [3.8, 4) is 0 Å². The molecular formula is C10H16N3O2+. The third-order valence-corrected chi connectivity index (χ3v) is 2.50. The first-order valence-corrected chi connectivity index (χ1v) is 5.06. The predicted molar refractivity (Wildman–Crippen MR) is 56.5 cm³/mol. The van der Waals surface area contributed by atoms with E-state index in [-0.39, 0.29) is 0 Å². The molecule has 15 heavy (non-hydrogen) atoms. The van der Waals surface area contributed by atoms with Crippen molar-refractivity contribution in [3.05, 3.63) is 6.04 Å². The van der Waals surface area contributed by atoms with Gasteiger partial charge < -0.3 is 5.11 Å². The highest BCUT2D eigenvalue weighted by Crippen LogP contribution is 2.25. The molecule has 0 aromatic heterocycles. The lowest BCUT2D eigenvalue weighted by Crippen LogP contribution is -2.23. The first kappa shape index (κ1) is 11.7. The minimum absolute atomic E-state index is 0.629. The molecule has 0 spiro atoms. The van der Waals surface area contributed by atoms with E-state index in [1.54, 1.807) is 20.1 Å². The van der Waals surface area contributed by atoms with Crippen LogP contribution < -0.4 is 0 Å². The van der Waals surface area contributed by atoms with Crippen LogP contribution in [0, 0.1) is 11.5 Å². The highest BCUT2D eigenvalue weighted by Gasteiger charge is 2.27. The van der Waals surface area contributed by atoms with Gasteiger partial charge >= 0.3 is 5.97 Å². The molecule has 82 valence electrons. The zero-order valence-electron chi connectivity index (χ0n) is 9.10. The summed E-state index contributed by atoms with van der Waals surface area (Å²) in [6.07, 6.45) is 4.96. The summed E-state index contributed by atoms with van der Waals surface area (Å²) in [7, 11) is 0. The van der Waals surface area contributed by atoms with Crippen molar-refractivity contribution in [2.75, 3.05) is 0 Å². The third kappa shape index (κ3) is 3.69. The second-order valence-corrected chi connectivity index (χ2v) is 4.32. The summed E-state index contributed by atoms with van der Waals surface area (Å²) in [6.45, 7) is 3.50. The molecule has 5 heteroatoms. The molecule has 0 fully saturated rings. The van der Waals surface area contributed by atoms with E-state index < -0.39 is 11.4 Å². The fraction of sp³-hybridized carbons (Fsp3) is 0.700. The number of rotatable bonds is 6.